The molecule has 2 fully saturated rings. The van der Waals surface area contributed by atoms with Gasteiger partial charge in [-0.3, -0.25) is 9.59 Å². The lowest BCUT2D eigenvalue weighted by Gasteiger charge is -2.42. The molecule has 11 atom stereocenters. The van der Waals surface area contributed by atoms with Gasteiger partial charge in [-0.1, -0.05) is 134 Å². The summed E-state index contributed by atoms with van der Waals surface area (Å²) in [5.74, 6) is -0.943. The smallest absolute Gasteiger partial charge is 0.306 e. The summed E-state index contributed by atoms with van der Waals surface area (Å²) in [4.78, 5) is 25.7. The second-order valence-corrected chi connectivity index (χ2v) is 17.7. The number of hydrogen-bond acceptors (Lipinski definition) is 15. The van der Waals surface area contributed by atoms with E-state index in [1.807, 2.05) is 6.08 Å². The third-order valence-electron chi connectivity index (χ3n) is 12.0. The van der Waals surface area contributed by atoms with Crippen LogP contribution in [-0.4, -0.2) is 142 Å². The number of hydrogen-bond donors (Lipinski definition) is 7. The molecule has 2 saturated heterocycles. The van der Waals surface area contributed by atoms with Crippen molar-refractivity contribution in [2.45, 2.75) is 248 Å². The highest BCUT2D eigenvalue weighted by Crippen LogP contribution is 2.26. The van der Waals surface area contributed by atoms with Crippen LogP contribution in [0.1, 0.15) is 180 Å². The summed E-state index contributed by atoms with van der Waals surface area (Å²) in [7, 11) is 0. The Labute approximate surface area is 383 Å². The van der Waals surface area contributed by atoms with Gasteiger partial charge in [-0.05, 0) is 51.4 Å². The zero-order chi connectivity index (χ0) is 46.8. The number of carbonyl (C=O) groups is 2. The summed E-state index contributed by atoms with van der Waals surface area (Å²) in [5, 5.41) is 72.0. The van der Waals surface area contributed by atoms with Gasteiger partial charge in [0.2, 0.25) is 0 Å². The third kappa shape index (κ3) is 25.2. The second kappa shape index (κ2) is 37.0. The van der Waals surface area contributed by atoms with Crippen LogP contribution in [0, 0.1) is 0 Å². The SMILES string of the molecule is C=CCCCCCCCCCCCCCCCC(=O)OC[C@H](CO[C@@H]1O[C@H](CO[C@@H]2O[C@H](CO)[C@H](O)C(O)C2O)[C@H](O)C(O)C1O)OC(=O)CCCCC/C=C/CCCCCCCC. The van der Waals surface area contributed by atoms with E-state index in [1.165, 1.54) is 96.3 Å². The highest BCUT2D eigenvalue weighted by atomic mass is 16.7. The van der Waals surface area contributed by atoms with Gasteiger partial charge in [-0.25, -0.2) is 0 Å². The summed E-state index contributed by atoms with van der Waals surface area (Å²) in [5.41, 5.74) is 0. The minimum Gasteiger partial charge on any atom is -0.462 e. The molecule has 374 valence electrons. The van der Waals surface area contributed by atoms with Crippen molar-refractivity contribution >= 4 is 11.9 Å². The number of rotatable bonds is 39. The molecular weight excluding hydrogens is 829 g/mol. The van der Waals surface area contributed by atoms with Crippen molar-refractivity contribution in [3.63, 3.8) is 0 Å². The van der Waals surface area contributed by atoms with E-state index >= 15 is 0 Å². The fourth-order valence-corrected chi connectivity index (χ4v) is 7.90. The summed E-state index contributed by atoms with van der Waals surface area (Å²) in [6.45, 7) is 4.10. The molecule has 2 aliphatic rings. The minimum atomic E-state index is -1.76. The maximum atomic E-state index is 13.0. The van der Waals surface area contributed by atoms with Gasteiger partial charge in [0, 0.05) is 12.8 Å². The third-order valence-corrected chi connectivity index (χ3v) is 12.0. The lowest BCUT2D eigenvalue weighted by molar-refractivity contribution is -0.332. The number of unbranched alkanes of at least 4 members (excludes halogenated alkanes) is 22. The van der Waals surface area contributed by atoms with Crippen molar-refractivity contribution in [2.24, 2.45) is 0 Å². The molecule has 0 aromatic rings. The highest BCUT2D eigenvalue weighted by molar-refractivity contribution is 5.70. The lowest BCUT2D eigenvalue weighted by atomic mass is 9.98. The topological polar surface area (TPSA) is 231 Å². The summed E-state index contributed by atoms with van der Waals surface area (Å²) < 4.78 is 33.5. The first kappa shape index (κ1) is 58.1. The Morgan fingerprint density at radius 3 is 1.50 bits per heavy atom. The molecule has 64 heavy (non-hydrogen) atoms. The van der Waals surface area contributed by atoms with Gasteiger partial charge in [0.1, 0.15) is 55.4 Å². The van der Waals surface area contributed by atoms with E-state index in [0.29, 0.717) is 12.8 Å². The second-order valence-electron chi connectivity index (χ2n) is 17.7. The van der Waals surface area contributed by atoms with E-state index in [-0.39, 0.29) is 26.1 Å². The molecule has 7 N–H and O–H groups in total. The summed E-state index contributed by atoms with van der Waals surface area (Å²) >= 11 is 0. The van der Waals surface area contributed by atoms with Gasteiger partial charge in [-0.2, -0.15) is 0 Å². The Bertz CT molecular complexity index is 1200. The van der Waals surface area contributed by atoms with Crippen molar-refractivity contribution in [3.8, 4) is 0 Å². The van der Waals surface area contributed by atoms with Gasteiger partial charge in [-0.15, -0.1) is 6.58 Å². The zero-order valence-corrected chi connectivity index (χ0v) is 39.1. The molecule has 0 amide bonds. The van der Waals surface area contributed by atoms with Crippen LogP contribution in [0.15, 0.2) is 24.8 Å². The molecule has 2 heterocycles. The van der Waals surface area contributed by atoms with Crippen LogP contribution in [0.4, 0.5) is 0 Å². The van der Waals surface area contributed by atoms with E-state index in [0.717, 1.165) is 51.4 Å². The summed E-state index contributed by atoms with van der Waals surface area (Å²) in [6.07, 6.45) is 18.2. The van der Waals surface area contributed by atoms with Crippen LogP contribution < -0.4 is 0 Å². The molecule has 0 spiro atoms. The average molecular weight is 917 g/mol. The molecular formula is C49H88O15. The first-order chi connectivity index (χ1) is 31.0. The van der Waals surface area contributed by atoms with Crippen LogP contribution in [-0.2, 0) is 38.0 Å². The van der Waals surface area contributed by atoms with Crippen molar-refractivity contribution in [1.29, 1.82) is 0 Å². The normalized spacial score (nSPS) is 26.6. The van der Waals surface area contributed by atoms with Crippen molar-refractivity contribution in [1.82, 2.24) is 0 Å². The van der Waals surface area contributed by atoms with Crippen LogP contribution in [0.25, 0.3) is 0 Å². The van der Waals surface area contributed by atoms with Gasteiger partial charge in [0.05, 0.1) is 19.8 Å². The Morgan fingerprint density at radius 1 is 0.531 bits per heavy atom. The summed E-state index contributed by atoms with van der Waals surface area (Å²) in [6, 6.07) is 0. The molecule has 0 saturated carbocycles. The Hall–Kier alpha value is -2.02. The first-order valence-electron chi connectivity index (χ1n) is 24.9. The molecule has 15 heteroatoms. The van der Waals surface area contributed by atoms with Gasteiger partial charge >= 0.3 is 11.9 Å². The molecule has 2 rings (SSSR count). The number of aliphatic hydroxyl groups is 7. The monoisotopic (exact) mass is 917 g/mol. The molecule has 4 unspecified atom stereocenters. The number of carbonyl (C=O) groups excluding carboxylic acids is 2. The maximum absolute atomic E-state index is 13.0. The van der Waals surface area contributed by atoms with E-state index in [1.54, 1.807) is 0 Å². The van der Waals surface area contributed by atoms with Gasteiger partial charge in [0.25, 0.3) is 0 Å². The van der Waals surface area contributed by atoms with E-state index in [9.17, 15) is 45.3 Å². The standard InChI is InChI=1S/C49H88O15/c1-3-5-7-9-11-13-15-17-18-20-21-23-25-27-29-31-40(51)59-34-37(62-41(52)32-30-28-26-24-22-19-16-14-12-10-8-6-4-2)35-60-48-47(58)45(56)43(54)39(64-48)36-61-49-46(57)44(55)42(53)38(33-50)63-49/h3,19,22,37-39,42-50,53-58H,1,4-18,20-21,23-36H2,2H3/b22-19+/t37-,38-,39-,42+,43+,44?,45?,46?,47?,48-,49-/m1/s1. The number of aliphatic hydroxyl groups excluding tert-OH is 7. The Balaban J connectivity index is 1.82. The molecule has 15 nitrogen and oxygen atoms in total. The molecule has 0 aromatic heterocycles. The fraction of sp³-hybridized carbons (Fsp3) is 0.878. The average Bonchev–Trinajstić information content (AvgIpc) is 3.29. The van der Waals surface area contributed by atoms with Crippen LogP contribution in [0.5, 0.6) is 0 Å². The van der Waals surface area contributed by atoms with Gasteiger partial charge < -0.3 is 64.2 Å². The number of ether oxygens (including phenoxy) is 6. The lowest BCUT2D eigenvalue weighted by Crippen LogP contribution is -2.61. The molecule has 0 aromatic carbocycles. The largest absolute Gasteiger partial charge is 0.462 e. The molecule has 2 aliphatic heterocycles. The number of allylic oxidation sites excluding steroid dienone is 3. The van der Waals surface area contributed by atoms with Crippen molar-refractivity contribution in [2.75, 3.05) is 26.4 Å². The Morgan fingerprint density at radius 2 is 0.969 bits per heavy atom. The molecule has 0 radical (unpaired) electrons. The predicted octanol–water partition coefficient (Wildman–Crippen LogP) is 6.38. The van der Waals surface area contributed by atoms with Crippen LogP contribution >= 0.6 is 0 Å². The zero-order valence-electron chi connectivity index (χ0n) is 39.1. The predicted molar refractivity (Wildman–Crippen MR) is 243 cm³/mol. The van der Waals surface area contributed by atoms with E-state index < -0.39 is 92.7 Å². The van der Waals surface area contributed by atoms with Crippen molar-refractivity contribution in [3.05, 3.63) is 24.8 Å². The van der Waals surface area contributed by atoms with E-state index in [2.05, 4.69) is 25.7 Å². The minimum absolute atomic E-state index is 0.146. The maximum Gasteiger partial charge on any atom is 0.306 e. The van der Waals surface area contributed by atoms with Crippen molar-refractivity contribution < 1.29 is 73.8 Å². The van der Waals surface area contributed by atoms with Crippen LogP contribution in [0.2, 0.25) is 0 Å². The fourth-order valence-electron chi connectivity index (χ4n) is 7.90. The molecule has 0 bridgehead atoms. The first-order valence-corrected chi connectivity index (χ1v) is 24.9. The van der Waals surface area contributed by atoms with Gasteiger partial charge in [0.15, 0.2) is 18.7 Å². The molecule has 0 aliphatic carbocycles. The number of esters is 2. The van der Waals surface area contributed by atoms with Crippen LogP contribution in [0.3, 0.4) is 0 Å². The highest BCUT2D eigenvalue weighted by Gasteiger charge is 2.47. The quantitative estimate of drug-likeness (QED) is 0.0202. The van der Waals surface area contributed by atoms with E-state index in [4.69, 9.17) is 28.4 Å². The Kier molecular flexibility index (Phi) is 33.6.